The van der Waals surface area contributed by atoms with Crippen LogP contribution in [0.15, 0.2) is 52.3 Å². The van der Waals surface area contributed by atoms with Crippen molar-refractivity contribution in [3.63, 3.8) is 0 Å². The molecule has 2 aromatic carbocycles. The molecule has 1 heterocycles. The number of hydrogen-bond donors (Lipinski definition) is 1. The molecule has 0 aliphatic carbocycles. The van der Waals surface area contributed by atoms with E-state index >= 15 is 0 Å². The average Bonchev–Trinajstić information content (AvgIpc) is 3.21. The molecule has 1 N–H and O–H groups in total. The Morgan fingerprint density at radius 2 is 1.75 bits per heavy atom. The van der Waals surface area contributed by atoms with Crippen molar-refractivity contribution in [3.8, 4) is 28.4 Å². The van der Waals surface area contributed by atoms with Gasteiger partial charge in [-0.05, 0) is 48.9 Å². The lowest BCUT2D eigenvalue weighted by Gasteiger charge is -2.11. The van der Waals surface area contributed by atoms with Gasteiger partial charge < -0.3 is 24.3 Å². The Morgan fingerprint density at radius 1 is 1.03 bits per heavy atom. The largest absolute Gasteiger partial charge is 0.493 e. The van der Waals surface area contributed by atoms with Crippen molar-refractivity contribution in [1.82, 2.24) is 0 Å². The van der Waals surface area contributed by atoms with E-state index in [0.717, 1.165) is 10.0 Å². The molecule has 0 bridgehead atoms. The second-order valence-corrected chi connectivity index (χ2v) is 8.23. The molecule has 0 spiro atoms. The predicted molar refractivity (Wildman–Crippen MR) is 127 cm³/mol. The van der Waals surface area contributed by atoms with Gasteiger partial charge in [-0.2, -0.15) is 0 Å². The van der Waals surface area contributed by atoms with Crippen LogP contribution in [-0.2, 0) is 9.53 Å². The van der Waals surface area contributed by atoms with Crippen LogP contribution in [0.1, 0.15) is 17.3 Å². The summed E-state index contributed by atoms with van der Waals surface area (Å²) in [4.78, 5) is 25.2. The van der Waals surface area contributed by atoms with Gasteiger partial charge in [0.1, 0.15) is 16.3 Å². The maximum Gasteiger partial charge on any atom is 0.341 e. The molecule has 0 unspecified atom stereocenters. The van der Waals surface area contributed by atoms with Crippen LogP contribution in [0.4, 0.5) is 5.00 Å². The lowest BCUT2D eigenvalue weighted by molar-refractivity contribution is -0.118. The van der Waals surface area contributed by atoms with E-state index in [1.54, 1.807) is 50.8 Å². The Balaban J connectivity index is 1.85. The van der Waals surface area contributed by atoms with Gasteiger partial charge in [0.05, 0.1) is 20.8 Å². The molecule has 3 aromatic rings. The molecular weight excluding hydrogens is 498 g/mol. The first-order valence-corrected chi connectivity index (χ1v) is 11.3. The van der Waals surface area contributed by atoms with Crippen LogP contribution in [0.5, 0.6) is 17.2 Å². The smallest absolute Gasteiger partial charge is 0.341 e. The molecule has 0 saturated carbocycles. The molecule has 1 aromatic heterocycles. The number of thiophene rings is 1. The molecule has 32 heavy (non-hydrogen) atoms. The molecule has 1 amide bonds. The summed E-state index contributed by atoms with van der Waals surface area (Å²) in [6.07, 6.45) is 0. The van der Waals surface area contributed by atoms with Gasteiger partial charge in [-0.1, -0.05) is 22.0 Å². The Kier molecular flexibility index (Phi) is 8.13. The first-order chi connectivity index (χ1) is 15.5. The Labute approximate surface area is 198 Å². The van der Waals surface area contributed by atoms with Gasteiger partial charge in [0, 0.05) is 15.4 Å². The third kappa shape index (κ3) is 5.60. The number of benzene rings is 2. The van der Waals surface area contributed by atoms with Crippen LogP contribution in [-0.4, -0.2) is 39.3 Å². The number of hydrogen-bond acceptors (Lipinski definition) is 7. The zero-order valence-corrected chi connectivity index (χ0v) is 20.2. The summed E-state index contributed by atoms with van der Waals surface area (Å²) in [6, 6.07) is 12.5. The fourth-order valence-electron chi connectivity index (χ4n) is 2.91. The van der Waals surface area contributed by atoms with Crippen molar-refractivity contribution in [2.45, 2.75) is 6.92 Å². The van der Waals surface area contributed by atoms with Gasteiger partial charge in [0.2, 0.25) is 0 Å². The van der Waals surface area contributed by atoms with Gasteiger partial charge in [-0.3, -0.25) is 4.79 Å². The number of anilines is 1. The zero-order valence-electron chi connectivity index (χ0n) is 17.8. The van der Waals surface area contributed by atoms with Crippen LogP contribution in [0.25, 0.3) is 11.1 Å². The fraction of sp³-hybridized carbons (Fsp3) is 0.217. The predicted octanol–water partition coefficient (Wildman–Crippen LogP) is 5.39. The standard InChI is InChI=1S/C23H22BrNO6S/c1-4-30-23(27)21-17(14-5-10-18(28-2)19(11-14)29-3)13-32-22(21)25-20(26)12-31-16-8-6-15(24)7-9-16/h5-11,13H,4,12H2,1-3H3,(H,25,26). The van der Waals surface area contributed by atoms with Crippen LogP contribution < -0.4 is 19.5 Å². The molecule has 0 radical (unpaired) electrons. The molecule has 0 fully saturated rings. The van der Waals surface area contributed by atoms with Crippen molar-refractivity contribution < 1.29 is 28.5 Å². The van der Waals surface area contributed by atoms with E-state index in [4.69, 9.17) is 18.9 Å². The van der Waals surface area contributed by atoms with E-state index in [9.17, 15) is 9.59 Å². The van der Waals surface area contributed by atoms with E-state index < -0.39 is 5.97 Å². The summed E-state index contributed by atoms with van der Waals surface area (Å²) in [5.74, 6) is 0.746. The van der Waals surface area contributed by atoms with Crippen molar-refractivity contribution >= 4 is 44.1 Å². The summed E-state index contributed by atoms with van der Waals surface area (Å²) in [5, 5.41) is 4.94. The fourth-order valence-corrected chi connectivity index (χ4v) is 4.15. The van der Waals surface area contributed by atoms with Crippen molar-refractivity contribution in [3.05, 3.63) is 57.9 Å². The second kappa shape index (κ2) is 11.0. The van der Waals surface area contributed by atoms with Gasteiger partial charge in [0.25, 0.3) is 5.91 Å². The highest BCUT2D eigenvalue weighted by atomic mass is 79.9. The van der Waals surface area contributed by atoms with Gasteiger partial charge in [-0.15, -0.1) is 11.3 Å². The summed E-state index contributed by atoms with van der Waals surface area (Å²) in [7, 11) is 3.09. The van der Waals surface area contributed by atoms with E-state index in [-0.39, 0.29) is 24.7 Å². The number of esters is 1. The Bertz CT molecular complexity index is 1100. The summed E-state index contributed by atoms with van der Waals surface area (Å²) >= 11 is 4.58. The highest BCUT2D eigenvalue weighted by Gasteiger charge is 2.23. The molecule has 3 rings (SSSR count). The lowest BCUT2D eigenvalue weighted by atomic mass is 10.0. The second-order valence-electron chi connectivity index (χ2n) is 6.43. The van der Waals surface area contributed by atoms with Crippen molar-refractivity contribution in [2.75, 3.05) is 32.8 Å². The average molecular weight is 520 g/mol. The molecule has 168 valence electrons. The minimum Gasteiger partial charge on any atom is -0.493 e. The third-order valence-electron chi connectivity index (χ3n) is 4.40. The highest BCUT2D eigenvalue weighted by molar-refractivity contribution is 9.10. The maximum absolute atomic E-state index is 12.7. The number of nitrogens with one attached hydrogen (secondary N) is 1. The Hall–Kier alpha value is -3.04. The SMILES string of the molecule is CCOC(=O)c1c(-c2ccc(OC)c(OC)c2)csc1NC(=O)COc1ccc(Br)cc1. The van der Waals surface area contributed by atoms with E-state index in [1.165, 1.54) is 11.3 Å². The minimum absolute atomic E-state index is 0.201. The van der Waals surface area contributed by atoms with Crippen LogP contribution in [0.3, 0.4) is 0 Å². The number of rotatable bonds is 9. The van der Waals surface area contributed by atoms with Crippen LogP contribution in [0.2, 0.25) is 0 Å². The van der Waals surface area contributed by atoms with Crippen LogP contribution in [0, 0.1) is 0 Å². The van der Waals surface area contributed by atoms with Gasteiger partial charge in [-0.25, -0.2) is 4.79 Å². The Morgan fingerprint density at radius 3 is 2.41 bits per heavy atom. The lowest BCUT2D eigenvalue weighted by Crippen LogP contribution is -2.21. The third-order valence-corrected chi connectivity index (χ3v) is 5.83. The number of amides is 1. The van der Waals surface area contributed by atoms with E-state index in [1.807, 2.05) is 18.2 Å². The molecular formula is C23H22BrNO6S. The highest BCUT2D eigenvalue weighted by Crippen LogP contribution is 2.39. The van der Waals surface area contributed by atoms with Crippen molar-refractivity contribution in [2.24, 2.45) is 0 Å². The number of halogens is 1. The van der Waals surface area contributed by atoms with Crippen LogP contribution >= 0.6 is 27.3 Å². The van der Waals surface area contributed by atoms with E-state index in [0.29, 0.717) is 27.8 Å². The monoisotopic (exact) mass is 519 g/mol. The number of ether oxygens (including phenoxy) is 4. The first kappa shape index (κ1) is 23.6. The normalized spacial score (nSPS) is 10.4. The number of carbonyl (C=O) groups excluding carboxylic acids is 2. The molecule has 0 aliphatic heterocycles. The zero-order chi connectivity index (χ0) is 23.1. The minimum atomic E-state index is -0.525. The molecule has 7 nitrogen and oxygen atoms in total. The topological polar surface area (TPSA) is 83.1 Å². The molecule has 0 saturated heterocycles. The van der Waals surface area contributed by atoms with Gasteiger partial charge >= 0.3 is 5.97 Å². The van der Waals surface area contributed by atoms with Gasteiger partial charge in [0.15, 0.2) is 18.1 Å². The summed E-state index contributed by atoms with van der Waals surface area (Å²) < 4.78 is 22.3. The summed E-state index contributed by atoms with van der Waals surface area (Å²) in [6.45, 7) is 1.73. The molecule has 0 atom stereocenters. The summed E-state index contributed by atoms with van der Waals surface area (Å²) in [5.41, 5.74) is 1.63. The molecule has 0 aliphatic rings. The number of methoxy groups -OCH3 is 2. The number of carbonyl (C=O) groups is 2. The van der Waals surface area contributed by atoms with Crippen molar-refractivity contribution in [1.29, 1.82) is 0 Å². The maximum atomic E-state index is 12.7. The quantitative estimate of drug-likeness (QED) is 0.381. The van der Waals surface area contributed by atoms with E-state index in [2.05, 4.69) is 21.2 Å². The molecule has 9 heteroatoms. The first-order valence-electron chi connectivity index (χ1n) is 9.66.